The molecule has 0 atom stereocenters. The van der Waals surface area contributed by atoms with Gasteiger partial charge >= 0.3 is 12.6 Å². The van der Waals surface area contributed by atoms with E-state index in [4.69, 9.17) is 14.2 Å². The molecule has 4 aromatic rings. The van der Waals surface area contributed by atoms with Gasteiger partial charge in [0.1, 0.15) is 23.6 Å². The topological polar surface area (TPSA) is 145 Å². The number of carbonyl (C=O) groups excluding carboxylic acids is 3. The summed E-state index contributed by atoms with van der Waals surface area (Å²) in [5.41, 5.74) is 1.14. The Balaban J connectivity index is 1.08. The van der Waals surface area contributed by atoms with Crippen LogP contribution in [0.2, 0.25) is 0 Å². The molecule has 276 valence electrons. The predicted octanol–water partition coefficient (Wildman–Crippen LogP) is 4.06. The Morgan fingerprint density at radius 3 is 2.60 bits per heavy atom. The third kappa shape index (κ3) is 8.21. The molecule has 17 heteroatoms. The molecule has 3 saturated heterocycles. The Morgan fingerprint density at radius 2 is 1.88 bits per heavy atom. The van der Waals surface area contributed by atoms with Gasteiger partial charge < -0.3 is 29.3 Å². The standard InChI is InChI=1S/C35H40F2N8O6S/c1-49-34(48)23-7-11-42(12-8-23)17-22-5-13-43(14-6-22)30(46)19-44-18-28(40-33(47)27-16-39-45-10-2-9-38-32(27)45)31(41-44)26-15-24(52-25-20-50-21-25)3-4-29(26)51-35(36)37/h2-4,9-10,15-16,18,22-23,25,35H,5-8,11-14,17,19-21H2,1H3,(H,40,47). The Kier molecular flexibility index (Phi) is 11.0. The van der Waals surface area contributed by atoms with Crippen molar-refractivity contribution in [1.82, 2.24) is 34.2 Å². The molecule has 1 N–H and O–H groups in total. The largest absolute Gasteiger partial charge is 0.469 e. The number of nitrogens with zero attached hydrogens (tertiary/aromatic N) is 7. The van der Waals surface area contributed by atoms with Gasteiger partial charge in [-0.3, -0.25) is 19.1 Å². The number of hydrogen-bond acceptors (Lipinski definition) is 11. The first-order valence-electron chi connectivity index (χ1n) is 17.3. The lowest BCUT2D eigenvalue weighted by Gasteiger charge is -2.37. The van der Waals surface area contributed by atoms with Crippen LogP contribution < -0.4 is 10.1 Å². The van der Waals surface area contributed by atoms with Gasteiger partial charge in [0.25, 0.3) is 5.91 Å². The lowest BCUT2D eigenvalue weighted by Crippen LogP contribution is -2.44. The molecule has 0 spiro atoms. The van der Waals surface area contributed by atoms with Gasteiger partial charge in [0.05, 0.1) is 43.4 Å². The zero-order valence-electron chi connectivity index (χ0n) is 28.7. The highest BCUT2D eigenvalue weighted by Crippen LogP contribution is 2.40. The number of nitrogens with one attached hydrogen (secondary N) is 1. The summed E-state index contributed by atoms with van der Waals surface area (Å²) < 4.78 is 45.2. The Hall–Kier alpha value is -4.61. The van der Waals surface area contributed by atoms with Crippen LogP contribution in [-0.4, -0.2) is 117 Å². The van der Waals surface area contributed by atoms with E-state index in [0.717, 1.165) is 50.2 Å². The number of ether oxygens (including phenoxy) is 3. The number of methoxy groups -OCH3 is 1. The van der Waals surface area contributed by atoms with E-state index < -0.39 is 12.5 Å². The van der Waals surface area contributed by atoms with E-state index in [0.29, 0.717) is 37.9 Å². The summed E-state index contributed by atoms with van der Waals surface area (Å²) in [5.74, 6) is -0.528. The maximum absolute atomic E-state index is 13.6. The van der Waals surface area contributed by atoms with Gasteiger partial charge in [-0.2, -0.15) is 19.0 Å². The molecule has 14 nitrogen and oxygen atoms in total. The zero-order valence-corrected chi connectivity index (χ0v) is 29.5. The third-order valence-corrected chi connectivity index (χ3v) is 10.9. The van der Waals surface area contributed by atoms with Crippen molar-refractivity contribution in [2.75, 3.05) is 58.4 Å². The summed E-state index contributed by atoms with van der Waals surface area (Å²) in [6.07, 6.45) is 9.43. The summed E-state index contributed by atoms with van der Waals surface area (Å²) in [6.45, 7) is 1.77. The average molecular weight is 739 g/mol. The second-order valence-corrected chi connectivity index (χ2v) is 14.6. The molecule has 0 bridgehead atoms. The number of hydrogen-bond donors (Lipinski definition) is 1. The fourth-order valence-electron chi connectivity index (χ4n) is 6.90. The number of fused-ring (bicyclic) bond motifs is 1. The zero-order chi connectivity index (χ0) is 36.2. The minimum Gasteiger partial charge on any atom is -0.469 e. The second-order valence-electron chi connectivity index (χ2n) is 13.2. The number of benzene rings is 1. The quantitative estimate of drug-likeness (QED) is 0.210. The first-order chi connectivity index (χ1) is 25.2. The maximum Gasteiger partial charge on any atom is 0.387 e. The van der Waals surface area contributed by atoms with Gasteiger partial charge in [0.2, 0.25) is 5.91 Å². The molecule has 52 heavy (non-hydrogen) atoms. The SMILES string of the molecule is COC(=O)C1CCN(CC2CCN(C(=O)Cn3cc(NC(=O)c4cnn5cccnc45)c(-c4cc(SC5COC5)ccc4OC(F)F)n3)CC2)CC1. The highest BCUT2D eigenvalue weighted by atomic mass is 32.2. The van der Waals surface area contributed by atoms with Crippen molar-refractivity contribution in [2.45, 2.75) is 49.0 Å². The van der Waals surface area contributed by atoms with E-state index in [1.165, 1.54) is 34.8 Å². The number of carbonyl (C=O) groups is 3. The summed E-state index contributed by atoms with van der Waals surface area (Å²) in [4.78, 5) is 48.3. The Morgan fingerprint density at radius 1 is 1.10 bits per heavy atom. The number of anilines is 1. The molecule has 7 rings (SSSR count). The van der Waals surface area contributed by atoms with Crippen LogP contribution in [0.15, 0.2) is 53.9 Å². The molecular weight excluding hydrogens is 698 g/mol. The second kappa shape index (κ2) is 16.0. The van der Waals surface area contributed by atoms with Gasteiger partial charge in [0, 0.05) is 48.7 Å². The molecule has 1 aromatic carbocycles. The molecule has 3 aliphatic heterocycles. The lowest BCUT2D eigenvalue weighted by molar-refractivity contribution is -0.147. The number of halogens is 2. The van der Waals surface area contributed by atoms with E-state index in [1.807, 2.05) is 4.90 Å². The molecule has 0 aliphatic carbocycles. The van der Waals surface area contributed by atoms with Crippen LogP contribution in [-0.2, 0) is 25.6 Å². The highest BCUT2D eigenvalue weighted by Gasteiger charge is 2.30. The average Bonchev–Trinajstić information content (AvgIpc) is 3.74. The van der Waals surface area contributed by atoms with Crippen LogP contribution in [0.1, 0.15) is 36.0 Å². The number of piperidine rings is 2. The molecule has 6 heterocycles. The van der Waals surface area contributed by atoms with Crippen molar-refractivity contribution in [3.8, 4) is 17.0 Å². The molecule has 3 fully saturated rings. The summed E-state index contributed by atoms with van der Waals surface area (Å²) >= 11 is 1.54. The first kappa shape index (κ1) is 35.8. The van der Waals surface area contributed by atoms with Crippen molar-refractivity contribution in [1.29, 1.82) is 0 Å². The van der Waals surface area contributed by atoms with Gasteiger partial charge in [-0.05, 0) is 69.0 Å². The van der Waals surface area contributed by atoms with E-state index in [2.05, 4.69) is 25.4 Å². The minimum absolute atomic E-state index is 0.0332. The van der Waals surface area contributed by atoms with Gasteiger partial charge in [-0.1, -0.05) is 0 Å². The van der Waals surface area contributed by atoms with Crippen molar-refractivity contribution < 1.29 is 37.4 Å². The number of rotatable bonds is 12. The van der Waals surface area contributed by atoms with Gasteiger partial charge in [-0.15, -0.1) is 11.8 Å². The van der Waals surface area contributed by atoms with E-state index in [-0.39, 0.29) is 57.8 Å². The molecule has 0 unspecified atom stereocenters. The number of esters is 1. The molecule has 3 aliphatic rings. The van der Waals surface area contributed by atoms with Crippen LogP contribution in [0.4, 0.5) is 14.5 Å². The number of amides is 2. The van der Waals surface area contributed by atoms with E-state index in [1.54, 1.807) is 42.4 Å². The summed E-state index contributed by atoms with van der Waals surface area (Å²) in [5, 5.41) is 11.9. The van der Waals surface area contributed by atoms with Gasteiger partial charge in [-0.25, -0.2) is 9.50 Å². The van der Waals surface area contributed by atoms with E-state index >= 15 is 0 Å². The first-order valence-corrected chi connectivity index (χ1v) is 18.2. The van der Waals surface area contributed by atoms with Crippen LogP contribution in [0, 0.1) is 11.8 Å². The van der Waals surface area contributed by atoms with Gasteiger partial charge in [0.15, 0.2) is 5.65 Å². The molecule has 0 radical (unpaired) electrons. The Labute approximate surface area is 302 Å². The third-order valence-electron chi connectivity index (χ3n) is 9.77. The van der Waals surface area contributed by atoms with E-state index in [9.17, 15) is 23.2 Å². The fraction of sp³-hybridized carbons (Fsp3) is 0.486. The number of thioether (sulfide) groups is 1. The van der Waals surface area contributed by atoms with Crippen molar-refractivity contribution in [2.24, 2.45) is 11.8 Å². The summed E-state index contributed by atoms with van der Waals surface area (Å²) in [7, 11) is 1.43. The predicted molar refractivity (Wildman–Crippen MR) is 186 cm³/mol. The summed E-state index contributed by atoms with van der Waals surface area (Å²) in [6, 6.07) is 6.54. The van der Waals surface area contributed by atoms with Crippen LogP contribution in [0.5, 0.6) is 5.75 Å². The smallest absolute Gasteiger partial charge is 0.387 e. The normalized spacial score (nSPS) is 17.7. The molecule has 3 aromatic heterocycles. The van der Waals surface area contributed by atoms with Crippen LogP contribution in [0.3, 0.4) is 0 Å². The fourth-order valence-corrected chi connectivity index (χ4v) is 7.94. The van der Waals surface area contributed by atoms with Crippen molar-refractivity contribution in [3.63, 3.8) is 0 Å². The van der Waals surface area contributed by atoms with Crippen LogP contribution >= 0.6 is 11.8 Å². The molecule has 0 saturated carbocycles. The Bertz CT molecular complexity index is 1900. The maximum atomic E-state index is 13.6. The number of likely N-dealkylation sites (tertiary alicyclic amines) is 2. The highest BCUT2D eigenvalue weighted by molar-refractivity contribution is 8.00. The monoisotopic (exact) mass is 738 g/mol. The molecular formula is C35H40F2N8O6S. The van der Waals surface area contributed by atoms with Crippen molar-refractivity contribution in [3.05, 3.63) is 54.6 Å². The number of alkyl halides is 2. The lowest BCUT2D eigenvalue weighted by atomic mass is 9.93. The van der Waals surface area contributed by atoms with Crippen LogP contribution in [0.25, 0.3) is 16.9 Å². The number of aromatic nitrogens is 5. The minimum atomic E-state index is -3.10. The molecule has 2 amide bonds. The van der Waals surface area contributed by atoms with Crippen molar-refractivity contribution >= 4 is 40.9 Å².